The summed E-state index contributed by atoms with van der Waals surface area (Å²) >= 11 is 0. The third kappa shape index (κ3) is 4.11. The van der Waals surface area contributed by atoms with Crippen LogP contribution in [0.3, 0.4) is 0 Å². The summed E-state index contributed by atoms with van der Waals surface area (Å²) in [6, 6.07) is 3.90. The molecule has 2 rings (SSSR count). The number of likely N-dealkylation sites (N-methyl/N-ethyl adjacent to an activating group) is 1. The van der Waals surface area contributed by atoms with Gasteiger partial charge in [0.15, 0.2) is 5.82 Å². The van der Waals surface area contributed by atoms with Gasteiger partial charge < -0.3 is 10.2 Å². The first-order chi connectivity index (χ1) is 10.6. The molecule has 1 amide bonds. The third-order valence-corrected chi connectivity index (χ3v) is 3.75. The average molecular weight is 302 g/mol. The Bertz CT molecular complexity index is 598. The predicted octanol–water partition coefficient (Wildman–Crippen LogP) is 1.12. The Hall–Kier alpha value is -2.28. The van der Waals surface area contributed by atoms with E-state index in [1.165, 1.54) is 11.0 Å². The minimum absolute atomic E-state index is 0.110. The summed E-state index contributed by atoms with van der Waals surface area (Å²) in [5, 5.41) is 6.93. The third-order valence-electron chi connectivity index (χ3n) is 3.75. The molecule has 118 valence electrons. The molecule has 0 aliphatic rings. The number of nitrogens with zero attached hydrogens (tertiary/aromatic N) is 5. The Morgan fingerprint density at radius 1 is 1.50 bits per heavy atom. The molecular formula is C15H22N6O. The lowest BCUT2D eigenvalue weighted by Gasteiger charge is -2.23. The van der Waals surface area contributed by atoms with Gasteiger partial charge in [-0.2, -0.15) is 5.10 Å². The zero-order valence-electron chi connectivity index (χ0n) is 13.2. The Labute approximate surface area is 130 Å². The van der Waals surface area contributed by atoms with Crippen LogP contribution in [0, 0.1) is 0 Å². The largest absolute Gasteiger partial charge is 0.351 e. The van der Waals surface area contributed by atoms with E-state index in [4.69, 9.17) is 0 Å². The highest BCUT2D eigenvalue weighted by molar-refractivity contribution is 5.94. The second-order valence-electron chi connectivity index (χ2n) is 5.24. The monoisotopic (exact) mass is 302 g/mol. The fourth-order valence-corrected chi connectivity index (χ4v) is 1.99. The molecule has 0 aliphatic carbocycles. The van der Waals surface area contributed by atoms with Gasteiger partial charge in [0.05, 0.1) is 0 Å². The van der Waals surface area contributed by atoms with E-state index in [9.17, 15) is 4.79 Å². The highest BCUT2D eigenvalue weighted by atomic mass is 16.1. The first kappa shape index (κ1) is 16.1. The molecule has 2 aromatic heterocycles. The number of hydrogen-bond donors (Lipinski definition) is 1. The van der Waals surface area contributed by atoms with Gasteiger partial charge in [0.1, 0.15) is 12.7 Å². The van der Waals surface area contributed by atoms with Crippen molar-refractivity contribution in [1.29, 1.82) is 0 Å². The van der Waals surface area contributed by atoms with Gasteiger partial charge in [-0.3, -0.25) is 4.79 Å². The molecule has 1 N–H and O–H groups in total. The Morgan fingerprint density at radius 2 is 2.32 bits per heavy atom. The Balaban J connectivity index is 1.92. The standard InChI is InChI=1S/C15H22N6O/c1-4-12(2)20(3)8-7-18-15(22)13-5-6-17-14(9-13)21-11-16-10-19-21/h5-6,9-12H,4,7-8H2,1-3H3,(H,18,22)/t12-/m1/s1. The highest BCUT2D eigenvalue weighted by Crippen LogP contribution is 2.05. The van der Waals surface area contributed by atoms with E-state index in [2.05, 4.69) is 46.2 Å². The molecule has 0 saturated heterocycles. The molecular weight excluding hydrogens is 280 g/mol. The van der Waals surface area contributed by atoms with Crippen LogP contribution in [0.2, 0.25) is 0 Å². The first-order valence-electron chi connectivity index (χ1n) is 7.41. The van der Waals surface area contributed by atoms with Crippen LogP contribution >= 0.6 is 0 Å². The number of carbonyl (C=O) groups excluding carboxylic acids is 1. The zero-order chi connectivity index (χ0) is 15.9. The van der Waals surface area contributed by atoms with E-state index < -0.39 is 0 Å². The summed E-state index contributed by atoms with van der Waals surface area (Å²) in [5.74, 6) is 0.461. The summed E-state index contributed by atoms with van der Waals surface area (Å²) < 4.78 is 1.52. The van der Waals surface area contributed by atoms with Crippen molar-refractivity contribution in [3.8, 4) is 5.82 Å². The molecule has 0 unspecified atom stereocenters. The van der Waals surface area contributed by atoms with Gasteiger partial charge in [0.25, 0.3) is 5.91 Å². The van der Waals surface area contributed by atoms with Crippen LogP contribution in [0.15, 0.2) is 31.0 Å². The van der Waals surface area contributed by atoms with Crippen LogP contribution in [0.1, 0.15) is 30.6 Å². The van der Waals surface area contributed by atoms with Crippen molar-refractivity contribution in [3.05, 3.63) is 36.5 Å². The van der Waals surface area contributed by atoms with Gasteiger partial charge >= 0.3 is 0 Å². The molecule has 0 saturated carbocycles. The Kier molecular flexibility index (Phi) is 5.60. The second kappa shape index (κ2) is 7.65. The zero-order valence-corrected chi connectivity index (χ0v) is 13.2. The number of pyridine rings is 1. The molecule has 0 fully saturated rings. The summed E-state index contributed by atoms with van der Waals surface area (Å²) in [5.41, 5.74) is 0.562. The van der Waals surface area contributed by atoms with Crippen molar-refractivity contribution < 1.29 is 4.79 Å². The maximum absolute atomic E-state index is 12.2. The minimum Gasteiger partial charge on any atom is -0.351 e. The molecule has 7 nitrogen and oxygen atoms in total. The van der Waals surface area contributed by atoms with E-state index in [1.807, 2.05) is 0 Å². The smallest absolute Gasteiger partial charge is 0.251 e. The van der Waals surface area contributed by atoms with Gasteiger partial charge in [-0.05, 0) is 32.5 Å². The van der Waals surface area contributed by atoms with Crippen LogP contribution in [0.4, 0.5) is 0 Å². The van der Waals surface area contributed by atoms with Crippen LogP contribution in [0.5, 0.6) is 0 Å². The van der Waals surface area contributed by atoms with Crippen LogP contribution < -0.4 is 5.32 Å². The van der Waals surface area contributed by atoms with E-state index >= 15 is 0 Å². The van der Waals surface area contributed by atoms with Crippen molar-refractivity contribution in [2.75, 3.05) is 20.1 Å². The molecule has 0 aliphatic heterocycles. The summed E-state index contributed by atoms with van der Waals surface area (Å²) in [6.45, 7) is 5.76. The molecule has 0 spiro atoms. The molecule has 0 bridgehead atoms. The quantitative estimate of drug-likeness (QED) is 0.829. The van der Waals surface area contributed by atoms with Crippen molar-refractivity contribution in [1.82, 2.24) is 30.0 Å². The number of aromatic nitrogens is 4. The second-order valence-corrected chi connectivity index (χ2v) is 5.24. The van der Waals surface area contributed by atoms with E-state index in [0.29, 0.717) is 24.0 Å². The SMILES string of the molecule is CC[C@@H](C)N(C)CCNC(=O)c1ccnc(-n2cncn2)c1. The minimum atomic E-state index is -0.110. The number of carbonyl (C=O) groups is 1. The van der Waals surface area contributed by atoms with E-state index in [-0.39, 0.29) is 5.91 Å². The first-order valence-corrected chi connectivity index (χ1v) is 7.41. The lowest BCUT2D eigenvalue weighted by atomic mass is 10.2. The Morgan fingerprint density at radius 3 is 3.00 bits per heavy atom. The molecule has 0 radical (unpaired) electrons. The van der Waals surface area contributed by atoms with Gasteiger partial charge in [-0.1, -0.05) is 6.92 Å². The molecule has 1 atom stereocenters. The fourth-order valence-electron chi connectivity index (χ4n) is 1.99. The van der Waals surface area contributed by atoms with Gasteiger partial charge in [-0.15, -0.1) is 0 Å². The lowest BCUT2D eigenvalue weighted by Crippen LogP contribution is -2.37. The number of nitrogens with one attached hydrogen (secondary N) is 1. The maximum Gasteiger partial charge on any atom is 0.251 e. The van der Waals surface area contributed by atoms with Gasteiger partial charge in [0, 0.05) is 30.9 Å². The number of rotatable bonds is 7. The van der Waals surface area contributed by atoms with Gasteiger partial charge in [-0.25, -0.2) is 14.6 Å². The fraction of sp³-hybridized carbons (Fsp3) is 0.467. The maximum atomic E-state index is 12.2. The van der Waals surface area contributed by atoms with Crippen molar-refractivity contribution in [3.63, 3.8) is 0 Å². The van der Waals surface area contributed by atoms with Crippen LogP contribution in [-0.4, -0.2) is 56.7 Å². The average Bonchev–Trinajstić information content (AvgIpc) is 3.08. The summed E-state index contributed by atoms with van der Waals surface area (Å²) in [4.78, 5) is 22.5. The van der Waals surface area contributed by atoms with Crippen LogP contribution in [-0.2, 0) is 0 Å². The van der Waals surface area contributed by atoms with Crippen molar-refractivity contribution in [2.45, 2.75) is 26.3 Å². The number of hydrogen-bond acceptors (Lipinski definition) is 5. The molecule has 22 heavy (non-hydrogen) atoms. The predicted molar refractivity (Wildman–Crippen MR) is 83.9 cm³/mol. The van der Waals surface area contributed by atoms with Crippen LogP contribution in [0.25, 0.3) is 5.82 Å². The topological polar surface area (TPSA) is 75.9 Å². The molecule has 2 aromatic rings. The van der Waals surface area contributed by atoms with E-state index in [1.54, 1.807) is 24.7 Å². The van der Waals surface area contributed by atoms with E-state index in [0.717, 1.165) is 13.0 Å². The van der Waals surface area contributed by atoms with Crippen molar-refractivity contribution >= 4 is 5.91 Å². The van der Waals surface area contributed by atoms with Crippen molar-refractivity contribution in [2.24, 2.45) is 0 Å². The molecule has 2 heterocycles. The summed E-state index contributed by atoms with van der Waals surface area (Å²) in [7, 11) is 2.07. The number of amides is 1. The summed E-state index contributed by atoms with van der Waals surface area (Å²) in [6.07, 6.45) is 5.66. The normalized spacial score (nSPS) is 12.4. The lowest BCUT2D eigenvalue weighted by molar-refractivity contribution is 0.0947. The molecule has 7 heteroatoms. The molecule has 0 aromatic carbocycles. The van der Waals surface area contributed by atoms with Gasteiger partial charge in [0.2, 0.25) is 0 Å². The highest BCUT2D eigenvalue weighted by Gasteiger charge is 2.10.